The number of sulfone groups is 1. The maximum absolute atomic E-state index is 13.2. The van der Waals surface area contributed by atoms with E-state index in [0.29, 0.717) is 23.3 Å². The highest BCUT2D eigenvalue weighted by Gasteiger charge is 2.38. The van der Waals surface area contributed by atoms with Crippen molar-refractivity contribution in [1.29, 1.82) is 0 Å². The molecule has 1 fully saturated rings. The maximum atomic E-state index is 13.2. The average Bonchev–Trinajstić information content (AvgIpc) is 3.30. The van der Waals surface area contributed by atoms with Gasteiger partial charge in [0.25, 0.3) is 11.8 Å². The summed E-state index contributed by atoms with van der Waals surface area (Å²) >= 11 is 0.958. The van der Waals surface area contributed by atoms with Crippen molar-refractivity contribution in [2.75, 3.05) is 0 Å². The summed E-state index contributed by atoms with van der Waals surface area (Å²) in [5.41, 5.74) is 0.597. The zero-order valence-corrected chi connectivity index (χ0v) is 15.1. The van der Waals surface area contributed by atoms with Crippen molar-refractivity contribution in [2.24, 2.45) is 0 Å². The molecule has 0 saturated heterocycles. The molecule has 1 heterocycles. The summed E-state index contributed by atoms with van der Waals surface area (Å²) in [6.07, 6.45) is 1.35. The summed E-state index contributed by atoms with van der Waals surface area (Å²) in [6, 6.07) is 8.68. The molecule has 1 aliphatic rings. The van der Waals surface area contributed by atoms with Crippen molar-refractivity contribution in [3.8, 4) is 0 Å². The van der Waals surface area contributed by atoms with Crippen molar-refractivity contribution in [2.45, 2.75) is 41.7 Å². The molecule has 1 amide bonds. The fraction of sp³-hybridized carbons (Fsp3) is 0.353. The SMILES string of the molecule is CC(F)(F)c1ccc(CNC(=O)c2ccc(S(=O)(=O)C3CC3)s2)cc1. The molecule has 3 rings (SSSR count). The molecule has 1 N–H and O–H groups in total. The number of thiophene rings is 1. The van der Waals surface area contributed by atoms with E-state index in [9.17, 15) is 22.0 Å². The second-order valence-electron chi connectivity index (χ2n) is 6.13. The summed E-state index contributed by atoms with van der Waals surface area (Å²) in [5, 5.41) is 2.36. The van der Waals surface area contributed by atoms with Crippen LogP contribution in [0.2, 0.25) is 0 Å². The summed E-state index contributed by atoms with van der Waals surface area (Å²) in [5.74, 6) is -3.28. The lowest BCUT2D eigenvalue weighted by molar-refractivity contribution is 0.0174. The summed E-state index contributed by atoms with van der Waals surface area (Å²) in [4.78, 5) is 12.5. The fourth-order valence-corrected chi connectivity index (χ4v) is 5.46. The van der Waals surface area contributed by atoms with Crippen LogP contribution in [-0.4, -0.2) is 19.6 Å². The van der Waals surface area contributed by atoms with Gasteiger partial charge < -0.3 is 5.32 Å². The van der Waals surface area contributed by atoms with Gasteiger partial charge in [0.15, 0.2) is 9.84 Å². The van der Waals surface area contributed by atoms with E-state index in [1.54, 1.807) is 0 Å². The third-order valence-electron chi connectivity index (χ3n) is 3.96. The van der Waals surface area contributed by atoms with E-state index in [1.807, 2.05) is 0 Å². The number of alkyl halides is 2. The van der Waals surface area contributed by atoms with E-state index in [4.69, 9.17) is 0 Å². The van der Waals surface area contributed by atoms with Crippen LogP contribution in [0, 0.1) is 0 Å². The number of halogens is 2. The minimum atomic E-state index is -3.30. The molecule has 25 heavy (non-hydrogen) atoms. The van der Waals surface area contributed by atoms with Crippen LogP contribution in [0.5, 0.6) is 0 Å². The third kappa shape index (κ3) is 4.07. The van der Waals surface area contributed by atoms with Crippen LogP contribution in [-0.2, 0) is 22.3 Å². The lowest BCUT2D eigenvalue weighted by Crippen LogP contribution is -2.21. The average molecular weight is 385 g/mol. The zero-order valence-electron chi connectivity index (χ0n) is 13.5. The van der Waals surface area contributed by atoms with Crippen LogP contribution in [0.25, 0.3) is 0 Å². The minimum absolute atomic E-state index is 0.0873. The van der Waals surface area contributed by atoms with Gasteiger partial charge in [0.2, 0.25) is 0 Å². The molecular formula is C17H17F2NO3S2. The number of nitrogens with one attached hydrogen (secondary N) is 1. The van der Waals surface area contributed by atoms with E-state index in [0.717, 1.165) is 18.3 Å². The Kier molecular flexibility index (Phi) is 4.68. The first-order valence-electron chi connectivity index (χ1n) is 7.77. The van der Waals surface area contributed by atoms with Crippen molar-refractivity contribution in [3.63, 3.8) is 0 Å². The Balaban J connectivity index is 1.62. The first kappa shape index (κ1) is 18.0. The van der Waals surface area contributed by atoms with Crippen LogP contribution < -0.4 is 5.32 Å². The van der Waals surface area contributed by atoms with E-state index in [2.05, 4.69) is 5.32 Å². The van der Waals surface area contributed by atoms with Gasteiger partial charge in [-0.15, -0.1) is 11.3 Å². The fourth-order valence-electron chi connectivity index (χ4n) is 2.32. The molecule has 1 aromatic carbocycles. The number of rotatable bonds is 6. The highest BCUT2D eigenvalue weighted by molar-refractivity contribution is 7.94. The monoisotopic (exact) mass is 385 g/mol. The van der Waals surface area contributed by atoms with Crippen LogP contribution in [0.1, 0.15) is 40.6 Å². The third-order valence-corrected chi connectivity index (χ3v) is 7.83. The molecule has 1 saturated carbocycles. The van der Waals surface area contributed by atoms with Crippen LogP contribution in [0.4, 0.5) is 8.78 Å². The highest BCUT2D eigenvalue weighted by Crippen LogP contribution is 2.36. The lowest BCUT2D eigenvalue weighted by atomic mass is 10.1. The van der Waals surface area contributed by atoms with Crippen LogP contribution >= 0.6 is 11.3 Å². The van der Waals surface area contributed by atoms with Crippen molar-refractivity contribution in [3.05, 3.63) is 52.4 Å². The van der Waals surface area contributed by atoms with Gasteiger partial charge in [-0.3, -0.25) is 4.79 Å². The molecule has 0 bridgehead atoms. The van der Waals surface area contributed by atoms with Crippen molar-refractivity contribution >= 4 is 27.1 Å². The number of hydrogen-bond acceptors (Lipinski definition) is 4. The predicted molar refractivity (Wildman–Crippen MR) is 91.7 cm³/mol. The summed E-state index contributed by atoms with van der Waals surface area (Å²) < 4.78 is 50.8. The number of carbonyl (C=O) groups is 1. The Bertz CT molecular complexity index is 879. The van der Waals surface area contributed by atoms with E-state index in [1.165, 1.54) is 36.4 Å². The molecule has 0 unspecified atom stereocenters. The lowest BCUT2D eigenvalue weighted by Gasteiger charge is -2.11. The molecular weight excluding hydrogens is 368 g/mol. The molecule has 1 aliphatic carbocycles. The highest BCUT2D eigenvalue weighted by atomic mass is 32.2. The molecule has 0 spiro atoms. The Morgan fingerprint density at radius 1 is 1.20 bits per heavy atom. The van der Waals surface area contributed by atoms with Gasteiger partial charge in [0.05, 0.1) is 10.1 Å². The molecule has 0 aliphatic heterocycles. The number of carbonyl (C=O) groups excluding carboxylic acids is 1. The predicted octanol–water partition coefficient (Wildman–Crippen LogP) is 3.73. The maximum Gasteiger partial charge on any atom is 0.270 e. The van der Waals surface area contributed by atoms with E-state index < -0.39 is 15.8 Å². The number of benzene rings is 1. The second kappa shape index (κ2) is 6.49. The van der Waals surface area contributed by atoms with Gasteiger partial charge in [0.1, 0.15) is 4.21 Å². The van der Waals surface area contributed by atoms with Crippen LogP contribution in [0.3, 0.4) is 0 Å². The zero-order chi connectivity index (χ0) is 18.2. The van der Waals surface area contributed by atoms with Gasteiger partial charge in [-0.2, -0.15) is 0 Å². The van der Waals surface area contributed by atoms with Crippen molar-refractivity contribution in [1.82, 2.24) is 5.32 Å². The normalized spacial score (nSPS) is 15.2. The molecule has 1 aromatic heterocycles. The Morgan fingerprint density at radius 2 is 1.84 bits per heavy atom. The molecule has 2 aromatic rings. The quantitative estimate of drug-likeness (QED) is 0.824. The molecule has 134 valence electrons. The first-order valence-corrected chi connectivity index (χ1v) is 10.1. The molecule has 4 nitrogen and oxygen atoms in total. The standard InChI is InChI=1S/C17H17F2NO3S2/c1-17(18,19)12-4-2-11(3-5-12)10-20-16(21)14-8-9-15(24-14)25(22,23)13-6-7-13/h2-5,8-9,13H,6-7,10H2,1H3,(H,20,21). The first-order chi connectivity index (χ1) is 11.7. The van der Waals surface area contributed by atoms with Crippen LogP contribution in [0.15, 0.2) is 40.6 Å². The minimum Gasteiger partial charge on any atom is -0.347 e. The van der Waals surface area contributed by atoms with Gasteiger partial charge in [-0.05, 0) is 30.5 Å². The number of amides is 1. The van der Waals surface area contributed by atoms with Gasteiger partial charge in [-0.25, -0.2) is 17.2 Å². The summed E-state index contributed by atoms with van der Waals surface area (Å²) in [7, 11) is -3.30. The topological polar surface area (TPSA) is 63.2 Å². The molecule has 8 heteroatoms. The van der Waals surface area contributed by atoms with Gasteiger partial charge >= 0.3 is 0 Å². The summed E-state index contributed by atoms with van der Waals surface area (Å²) in [6.45, 7) is 1.00. The molecule has 0 atom stereocenters. The largest absolute Gasteiger partial charge is 0.347 e. The Morgan fingerprint density at radius 3 is 2.40 bits per heavy atom. The van der Waals surface area contributed by atoms with E-state index in [-0.39, 0.29) is 27.5 Å². The Labute approximate surface area is 148 Å². The smallest absolute Gasteiger partial charge is 0.270 e. The van der Waals surface area contributed by atoms with E-state index >= 15 is 0 Å². The number of hydrogen-bond donors (Lipinski definition) is 1. The second-order valence-corrected chi connectivity index (χ2v) is 9.67. The molecule has 0 radical (unpaired) electrons. The van der Waals surface area contributed by atoms with Gasteiger partial charge in [0, 0.05) is 19.0 Å². The van der Waals surface area contributed by atoms with Crippen molar-refractivity contribution < 1.29 is 22.0 Å². The Hall–Kier alpha value is -1.80. The van der Waals surface area contributed by atoms with Gasteiger partial charge in [-0.1, -0.05) is 24.3 Å².